The average molecular weight is 688 g/mol. The largest absolute Gasteiger partial charge is 0.460 e. The van der Waals surface area contributed by atoms with Crippen LogP contribution in [0.15, 0.2) is 0 Å². The highest BCUT2D eigenvalue weighted by Crippen LogP contribution is 2.23. The van der Waals surface area contributed by atoms with Crippen LogP contribution in [0.5, 0.6) is 0 Å². The molecule has 0 heterocycles. The minimum atomic E-state index is -4.35. The topological polar surface area (TPSA) is 129 Å². The molecular weight excluding hydrogens is 632 g/mol. The SMILES string of the molecule is C.CC(C)(C)OC(=O)CC(=O)OC(C)(C)C.CC(C)(C)OC(=O)N(CCCC(F)(F)F)C(=O)OC(C)(C)C.OCCCC(F)(F)F. The summed E-state index contributed by atoms with van der Waals surface area (Å²) in [7, 11) is 0. The van der Waals surface area contributed by atoms with Crippen molar-refractivity contribution >= 4 is 24.1 Å². The molecule has 0 saturated heterocycles. The number of carbonyl (C=O) groups is 4. The summed E-state index contributed by atoms with van der Waals surface area (Å²) in [5, 5.41) is 7.93. The highest BCUT2D eigenvalue weighted by atomic mass is 19.4. The van der Waals surface area contributed by atoms with Gasteiger partial charge in [-0.05, 0) is 95.9 Å². The predicted octanol–water partition coefficient (Wildman–Crippen LogP) is 8.52. The van der Waals surface area contributed by atoms with E-state index in [-0.39, 0.29) is 26.9 Å². The number of hydrogen-bond donors (Lipinski definition) is 1. The van der Waals surface area contributed by atoms with Crippen molar-refractivity contribution in [3.63, 3.8) is 0 Å². The van der Waals surface area contributed by atoms with Gasteiger partial charge in [-0.15, -0.1) is 0 Å². The minimum absolute atomic E-state index is 0. The van der Waals surface area contributed by atoms with Gasteiger partial charge in [0.2, 0.25) is 0 Å². The van der Waals surface area contributed by atoms with Crippen LogP contribution in [0.25, 0.3) is 0 Å². The van der Waals surface area contributed by atoms with Gasteiger partial charge in [-0.3, -0.25) is 9.59 Å². The Bertz CT molecular complexity index is 855. The monoisotopic (exact) mass is 687 g/mol. The number of ether oxygens (including phenoxy) is 4. The van der Waals surface area contributed by atoms with E-state index in [0.717, 1.165) is 0 Å². The van der Waals surface area contributed by atoms with E-state index in [4.69, 9.17) is 24.1 Å². The molecule has 0 spiro atoms. The number of alkyl halides is 6. The lowest BCUT2D eigenvalue weighted by atomic mass is 10.2. The Morgan fingerprint density at radius 3 is 1.04 bits per heavy atom. The second kappa shape index (κ2) is 20.5. The predicted molar refractivity (Wildman–Crippen MR) is 160 cm³/mol. The molecule has 0 aliphatic heterocycles. The van der Waals surface area contributed by atoms with Gasteiger partial charge in [-0.2, -0.15) is 26.3 Å². The molecule has 2 amide bonds. The number of nitrogens with zero attached hydrogens (tertiary/aromatic N) is 1. The van der Waals surface area contributed by atoms with E-state index in [1.807, 2.05) is 0 Å². The molecule has 0 bridgehead atoms. The molecule has 10 nitrogen and oxygen atoms in total. The highest BCUT2D eigenvalue weighted by Gasteiger charge is 2.33. The normalized spacial score (nSPS) is 12.2. The summed E-state index contributed by atoms with van der Waals surface area (Å²) in [6.45, 7) is 19.2. The van der Waals surface area contributed by atoms with Gasteiger partial charge in [0.05, 0.1) is 0 Å². The molecule has 0 rings (SSSR count). The van der Waals surface area contributed by atoms with Gasteiger partial charge in [0.25, 0.3) is 0 Å². The lowest BCUT2D eigenvalue weighted by Gasteiger charge is -2.28. The fourth-order valence-corrected chi connectivity index (χ4v) is 2.48. The van der Waals surface area contributed by atoms with Crippen LogP contribution >= 0.6 is 0 Å². The van der Waals surface area contributed by atoms with E-state index in [9.17, 15) is 45.5 Å². The Morgan fingerprint density at radius 1 is 0.543 bits per heavy atom. The Labute approximate surface area is 269 Å². The van der Waals surface area contributed by atoms with Crippen LogP contribution in [0.1, 0.15) is 123 Å². The average Bonchev–Trinajstić information content (AvgIpc) is 2.69. The zero-order valence-electron chi connectivity index (χ0n) is 28.4. The minimum Gasteiger partial charge on any atom is -0.460 e. The number of rotatable bonds is 7. The maximum absolute atomic E-state index is 12.2. The lowest BCUT2D eigenvalue weighted by Crippen LogP contribution is -2.44. The second-order valence-corrected chi connectivity index (χ2v) is 13.6. The molecule has 46 heavy (non-hydrogen) atoms. The van der Waals surface area contributed by atoms with Gasteiger partial charge >= 0.3 is 36.5 Å². The fourth-order valence-electron chi connectivity index (χ4n) is 2.48. The van der Waals surface area contributed by atoms with Crippen LogP contribution < -0.4 is 0 Å². The van der Waals surface area contributed by atoms with Crippen LogP contribution in [-0.2, 0) is 28.5 Å². The molecule has 0 saturated carbocycles. The molecule has 0 aromatic heterocycles. The van der Waals surface area contributed by atoms with E-state index < -0.39 is 84.7 Å². The van der Waals surface area contributed by atoms with Crippen molar-refractivity contribution in [1.29, 1.82) is 0 Å². The summed E-state index contributed by atoms with van der Waals surface area (Å²) < 4.78 is 90.0. The number of imide groups is 1. The van der Waals surface area contributed by atoms with Crippen LogP contribution in [0, 0.1) is 0 Å². The summed E-state index contributed by atoms with van der Waals surface area (Å²) in [6.07, 6.45) is -13.4. The summed E-state index contributed by atoms with van der Waals surface area (Å²) in [6, 6.07) is 0. The van der Waals surface area contributed by atoms with Crippen LogP contribution in [-0.4, -0.2) is 82.0 Å². The van der Waals surface area contributed by atoms with Crippen molar-refractivity contribution in [3.8, 4) is 0 Å². The van der Waals surface area contributed by atoms with E-state index in [1.165, 1.54) is 0 Å². The molecule has 0 atom stereocenters. The van der Waals surface area contributed by atoms with Crippen molar-refractivity contribution in [3.05, 3.63) is 0 Å². The zero-order chi connectivity index (χ0) is 36.7. The van der Waals surface area contributed by atoms with Crippen molar-refractivity contribution in [2.75, 3.05) is 13.2 Å². The molecule has 0 aliphatic rings. The molecule has 276 valence electrons. The summed E-state index contributed by atoms with van der Waals surface area (Å²) >= 11 is 0. The molecule has 0 aromatic carbocycles. The first-order chi connectivity index (χ1) is 19.7. The Kier molecular flexibility index (Phi) is 22.3. The summed E-state index contributed by atoms with van der Waals surface area (Å²) in [5.74, 6) is -1.12. The van der Waals surface area contributed by atoms with Crippen LogP contribution in [0.3, 0.4) is 0 Å². The molecule has 0 fully saturated rings. The Balaban J connectivity index is -0.000000317. The first-order valence-corrected chi connectivity index (χ1v) is 14.1. The van der Waals surface area contributed by atoms with Crippen molar-refractivity contribution in [2.45, 2.75) is 157 Å². The van der Waals surface area contributed by atoms with E-state index in [2.05, 4.69) is 0 Å². The summed E-state index contributed by atoms with van der Waals surface area (Å²) in [4.78, 5) is 46.9. The Hall–Kier alpha value is -2.78. The molecule has 0 radical (unpaired) electrons. The number of aliphatic hydroxyl groups is 1. The molecule has 0 unspecified atom stereocenters. The van der Waals surface area contributed by atoms with Gasteiger partial charge in [0, 0.05) is 26.0 Å². The molecular formula is C30H55F6NO9. The lowest BCUT2D eigenvalue weighted by molar-refractivity contribution is -0.166. The number of aliphatic hydroxyl groups excluding tert-OH is 1. The van der Waals surface area contributed by atoms with Crippen molar-refractivity contribution in [1.82, 2.24) is 4.90 Å². The maximum atomic E-state index is 12.2. The number of amides is 2. The van der Waals surface area contributed by atoms with Gasteiger partial charge in [-0.1, -0.05) is 7.43 Å². The zero-order valence-corrected chi connectivity index (χ0v) is 28.4. The van der Waals surface area contributed by atoms with Crippen LogP contribution in [0.2, 0.25) is 0 Å². The smallest absolute Gasteiger partial charge is 0.419 e. The quantitative estimate of drug-likeness (QED) is 0.121. The molecule has 0 aliphatic carbocycles. The van der Waals surface area contributed by atoms with Gasteiger partial charge in [0.1, 0.15) is 28.8 Å². The van der Waals surface area contributed by atoms with Gasteiger partial charge < -0.3 is 24.1 Å². The van der Waals surface area contributed by atoms with E-state index in [0.29, 0.717) is 4.90 Å². The third kappa shape index (κ3) is 39.2. The number of hydrogen-bond acceptors (Lipinski definition) is 9. The van der Waals surface area contributed by atoms with E-state index in [1.54, 1.807) is 83.1 Å². The molecule has 1 N–H and O–H groups in total. The first-order valence-electron chi connectivity index (χ1n) is 14.1. The second-order valence-electron chi connectivity index (χ2n) is 13.6. The third-order valence-corrected chi connectivity index (χ3v) is 3.82. The Morgan fingerprint density at radius 2 is 0.826 bits per heavy atom. The number of carbonyl (C=O) groups excluding carboxylic acids is 4. The van der Waals surface area contributed by atoms with Gasteiger partial charge in [-0.25, -0.2) is 14.5 Å². The number of halogens is 6. The summed E-state index contributed by atoms with van der Waals surface area (Å²) in [5.41, 5.74) is -2.89. The molecule has 16 heteroatoms. The van der Waals surface area contributed by atoms with E-state index >= 15 is 0 Å². The highest BCUT2D eigenvalue weighted by molar-refractivity contribution is 5.91. The first kappa shape index (κ1) is 50.1. The fraction of sp³-hybridized carbons (Fsp3) is 0.867. The maximum Gasteiger partial charge on any atom is 0.419 e. The van der Waals surface area contributed by atoms with Crippen LogP contribution in [0.4, 0.5) is 35.9 Å². The molecule has 0 aromatic rings. The standard InChI is InChI=1S/C14H24F3NO4.C11H20O4.C4H7F3O.CH4/c1-12(2,3)21-10(19)18(9-7-8-14(15,16)17)11(20)22-13(4,5)6;1-10(2,3)14-8(12)7-9(13)15-11(4,5)6;5-4(6,7)2-1-3-8;/h7-9H2,1-6H3;7H2,1-6H3;8H,1-3H2;1H4. The van der Waals surface area contributed by atoms with Gasteiger partial charge in [0.15, 0.2) is 0 Å². The third-order valence-electron chi connectivity index (χ3n) is 3.82. The number of esters is 2. The van der Waals surface area contributed by atoms with Crippen molar-refractivity contribution in [2.24, 2.45) is 0 Å². The van der Waals surface area contributed by atoms with Crippen molar-refractivity contribution < 1.29 is 69.6 Å².